The van der Waals surface area contributed by atoms with Gasteiger partial charge in [0.15, 0.2) is 0 Å². The fraction of sp³-hybridized carbons (Fsp3) is 0.0769. The lowest BCUT2D eigenvalue weighted by molar-refractivity contribution is 0.102. The first-order valence-electron chi connectivity index (χ1n) is 5.26. The molecule has 0 saturated carbocycles. The Balaban J connectivity index is 2.21. The summed E-state index contributed by atoms with van der Waals surface area (Å²) >= 11 is 3.40. The van der Waals surface area contributed by atoms with E-state index in [0.717, 1.165) is 16.2 Å². The van der Waals surface area contributed by atoms with Crippen LogP contribution in [0.2, 0.25) is 0 Å². The van der Waals surface area contributed by atoms with E-state index in [1.165, 1.54) is 12.1 Å². The summed E-state index contributed by atoms with van der Waals surface area (Å²) < 4.78 is 13.5. The summed E-state index contributed by atoms with van der Waals surface area (Å²) in [5, 5.41) is 2.72. The van der Waals surface area contributed by atoms with Gasteiger partial charge in [0, 0.05) is 4.47 Å². The van der Waals surface area contributed by atoms with Crippen LogP contribution in [0, 0.1) is 12.7 Å². The number of pyridine rings is 1. The first-order valence-corrected chi connectivity index (χ1v) is 6.05. The minimum absolute atomic E-state index is 0.171. The number of nitrogens with zero attached hydrogens (tertiary/aromatic N) is 1. The van der Waals surface area contributed by atoms with Gasteiger partial charge >= 0.3 is 0 Å². The second kappa shape index (κ2) is 5.27. The number of benzene rings is 1. The zero-order valence-corrected chi connectivity index (χ0v) is 11.2. The second-order valence-electron chi connectivity index (χ2n) is 3.75. The highest BCUT2D eigenvalue weighted by Gasteiger charge is 2.10. The first-order chi connectivity index (χ1) is 8.58. The maximum absolute atomic E-state index is 12.7. The molecule has 5 heteroatoms. The van der Waals surface area contributed by atoms with Crippen molar-refractivity contribution in [2.24, 2.45) is 0 Å². The Kier molecular flexibility index (Phi) is 3.72. The van der Waals surface area contributed by atoms with Crippen LogP contribution in [-0.4, -0.2) is 10.9 Å². The fourth-order valence-electron chi connectivity index (χ4n) is 1.44. The van der Waals surface area contributed by atoms with Crippen molar-refractivity contribution in [1.29, 1.82) is 0 Å². The highest BCUT2D eigenvalue weighted by atomic mass is 79.9. The van der Waals surface area contributed by atoms with Gasteiger partial charge in [-0.25, -0.2) is 9.37 Å². The summed E-state index contributed by atoms with van der Waals surface area (Å²) in [7, 11) is 0. The first kappa shape index (κ1) is 12.7. The zero-order valence-electron chi connectivity index (χ0n) is 9.58. The smallest absolute Gasteiger partial charge is 0.274 e. The van der Waals surface area contributed by atoms with Crippen molar-refractivity contribution in [2.45, 2.75) is 6.92 Å². The molecule has 92 valence electrons. The van der Waals surface area contributed by atoms with E-state index in [1.807, 2.05) is 19.1 Å². The van der Waals surface area contributed by atoms with Gasteiger partial charge in [0.2, 0.25) is 0 Å². The van der Waals surface area contributed by atoms with Gasteiger partial charge in [-0.15, -0.1) is 0 Å². The third kappa shape index (κ3) is 2.73. The minimum Gasteiger partial charge on any atom is -0.320 e. The Bertz CT molecular complexity index is 584. The van der Waals surface area contributed by atoms with Gasteiger partial charge in [-0.2, -0.15) is 0 Å². The molecule has 1 N–H and O–H groups in total. The van der Waals surface area contributed by atoms with E-state index in [9.17, 15) is 9.18 Å². The lowest BCUT2D eigenvalue weighted by Crippen LogP contribution is -2.14. The Labute approximate surface area is 112 Å². The molecule has 2 rings (SSSR count). The molecule has 0 spiro atoms. The van der Waals surface area contributed by atoms with E-state index >= 15 is 0 Å². The van der Waals surface area contributed by atoms with Crippen molar-refractivity contribution in [1.82, 2.24) is 4.98 Å². The number of carbonyl (C=O) groups excluding carboxylic acids is 1. The van der Waals surface area contributed by atoms with Crippen molar-refractivity contribution in [2.75, 3.05) is 5.32 Å². The third-order valence-electron chi connectivity index (χ3n) is 2.40. The van der Waals surface area contributed by atoms with Gasteiger partial charge in [0.05, 0.1) is 11.9 Å². The van der Waals surface area contributed by atoms with Crippen LogP contribution in [0.4, 0.5) is 10.1 Å². The maximum Gasteiger partial charge on any atom is 0.274 e. The summed E-state index contributed by atoms with van der Waals surface area (Å²) in [5.74, 6) is -0.843. The predicted molar refractivity (Wildman–Crippen MR) is 71.0 cm³/mol. The van der Waals surface area contributed by atoms with Crippen LogP contribution in [0.25, 0.3) is 0 Å². The zero-order chi connectivity index (χ0) is 13.1. The Hall–Kier alpha value is -1.75. The molecule has 1 heterocycles. The van der Waals surface area contributed by atoms with E-state index in [0.29, 0.717) is 5.69 Å². The third-order valence-corrected chi connectivity index (χ3v) is 3.45. The van der Waals surface area contributed by atoms with E-state index < -0.39 is 5.82 Å². The Morgan fingerprint density at radius 2 is 2.11 bits per heavy atom. The molecule has 0 aliphatic carbocycles. The van der Waals surface area contributed by atoms with Crippen LogP contribution in [0.15, 0.2) is 41.0 Å². The topological polar surface area (TPSA) is 42.0 Å². The molecular weight excluding hydrogens is 299 g/mol. The van der Waals surface area contributed by atoms with Gasteiger partial charge in [0.1, 0.15) is 11.5 Å². The maximum atomic E-state index is 12.7. The molecule has 0 radical (unpaired) electrons. The Morgan fingerprint density at radius 1 is 1.33 bits per heavy atom. The monoisotopic (exact) mass is 308 g/mol. The largest absolute Gasteiger partial charge is 0.320 e. The summed E-state index contributed by atoms with van der Waals surface area (Å²) in [5.41, 5.74) is 1.84. The number of aryl methyl sites for hydroxylation is 1. The SMILES string of the molecule is Cc1cccc(NC(=O)c2ccc(F)cn2)c1Br. The standard InChI is InChI=1S/C13H10BrFN2O/c1-8-3-2-4-10(12(8)14)17-13(18)11-6-5-9(15)7-16-11/h2-7H,1H3,(H,17,18). The molecule has 0 unspecified atom stereocenters. The Morgan fingerprint density at radius 3 is 2.78 bits per heavy atom. The number of aromatic nitrogens is 1. The molecule has 1 amide bonds. The van der Waals surface area contributed by atoms with E-state index in [-0.39, 0.29) is 11.6 Å². The molecule has 1 aromatic carbocycles. The van der Waals surface area contributed by atoms with Gasteiger partial charge in [-0.1, -0.05) is 12.1 Å². The number of carbonyl (C=O) groups is 1. The number of amides is 1. The van der Waals surface area contributed by atoms with Gasteiger partial charge in [-0.3, -0.25) is 4.79 Å². The van der Waals surface area contributed by atoms with Gasteiger partial charge < -0.3 is 5.32 Å². The fourth-order valence-corrected chi connectivity index (χ4v) is 1.80. The summed E-state index contributed by atoms with van der Waals surface area (Å²) in [6.45, 7) is 1.93. The molecule has 2 aromatic rings. The van der Waals surface area contributed by atoms with Crippen molar-refractivity contribution >= 4 is 27.5 Å². The lowest BCUT2D eigenvalue weighted by Gasteiger charge is -2.08. The highest BCUT2D eigenvalue weighted by Crippen LogP contribution is 2.25. The second-order valence-corrected chi connectivity index (χ2v) is 4.55. The van der Waals surface area contributed by atoms with Gasteiger partial charge in [0.25, 0.3) is 5.91 Å². The number of nitrogens with one attached hydrogen (secondary N) is 1. The predicted octanol–water partition coefficient (Wildman–Crippen LogP) is 3.54. The van der Waals surface area contributed by atoms with Crippen LogP contribution in [0.3, 0.4) is 0 Å². The molecule has 0 bridgehead atoms. The summed E-state index contributed by atoms with van der Waals surface area (Å²) in [6, 6.07) is 8.09. The quantitative estimate of drug-likeness (QED) is 0.922. The molecule has 0 atom stereocenters. The van der Waals surface area contributed by atoms with E-state index in [2.05, 4.69) is 26.2 Å². The number of hydrogen-bond donors (Lipinski definition) is 1. The molecule has 0 aliphatic heterocycles. The number of halogens is 2. The van der Waals surface area contributed by atoms with Crippen LogP contribution in [-0.2, 0) is 0 Å². The van der Waals surface area contributed by atoms with Gasteiger partial charge in [-0.05, 0) is 46.6 Å². The van der Waals surface area contributed by atoms with Crippen molar-refractivity contribution in [3.05, 3.63) is 58.1 Å². The van der Waals surface area contributed by atoms with Crippen molar-refractivity contribution in [3.8, 4) is 0 Å². The molecule has 0 aliphatic rings. The molecule has 18 heavy (non-hydrogen) atoms. The van der Waals surface area contributed by atoms with Crippen molar-refractivity contribution < 1.29 is 9.18 Å². The van der Waals surface area contributed by atoms with Crippen LogP contribution in [0.5, 0.6) is 0 Å². The summed E-state index contributed by atoms with van der Waals surface area (Å²) in [6.07, 6.45) is 1.01. The van der Waals surface area contributed by atoms with Crippen LogP contribution >= 0.6 is 15.9 Å². The summed E-state index contributed by atoms with van der Waals surface area (Å²) in [4.78, 5) is 15.6. The van der Waals surface area contributed by atoms with Crippen molar-refractivity contribution in [3.63, 3.8) is 0 Å². The van der Waals surface area contributed by atoms with E-state index in [1.54, 1.807) is 6.07 Å². The molecular formula is C13H10BrFN2O. The van der Waals surface area contributed by atoms with E-state index in [4.69, 9.17) is 0 Å². The van der Waals surface area contributed by atoms with Crippen LogP contribution in [0.1, 0.15) is 16.1 Å². The normalized spacial score (nSPS) is 10.2. The lowest BCUT2D eigenvalue weighted by atomic mass is 10.2. The minimum atomic E-state index is -0.469. The number of rotatable bonds is 2. The average molecular weight is 309 g/mol. The molecule has 3 nitrogen and oxygen atoms in total. The van der Waals surface area contributed by atoms with Crippen LogP contribution < -0.4 is 5.32 Å². The average Bonchev–Trinajstić information content (AvgIpc) is 2.36. The highest BCUT2D eigenvalue weighted by molar-refractivity contribution is 9.10. The number of hydrogen-bond acceptors (Lipinski definition) is 2. The molecule has 0 saturated heterocycles. The number of anilines is 1. The molecule has 0 fully saturated rings. The molecule has 1 aromatic heterocycles.